The summed E-state index contributed by atoms with van der Waals surface area (Å²) in [7, 11) is -3.73. The SMILES string of the molecule is CCN1CC[C@H]2OCCN(S(=O)(=O)c3ccc(C#N)cc3Cl)[C@H]2C1. The number of hydrogen-bond acceptors (Lipinski definition) is 5. The lowest BCUT2D eigenvalue weighted by molar-refractivity contribution is -0.0749. The van der Waals surface area contributed by atoms with Crippen LogP contribution in [0.2, 0.25) is 5.02 Å². The number of morpholine rings is 1. The minimum absolute atomic E-state index is 0.0532. The number of likely N-dealkylation sites (tertiary alicyclic amines) is 1. The number of ether oxygens (including phenoxy) is 1. The average molecular weight is 370 g/mol. The molecule has 0 N–H and O–H groups in total. The van der Waals surface area contributed by atoms with Crippen LogP contribution in [0.4, 0.5) is 0 Å². The third kappa shape index (κ3) is 3.17. The molecule has 2 aliphatic rings. The molecule has 0 aliphatic carbocycles. The maximum atomic E-state index is 13.1. The fourth-order valence-corrected chi connectivity index (χ4v) is 5.54. The van der Waals surface area contributed by atoms with E-state index in [4.69, 9.17) is 21.6 Å². The van der Waals surface area contributed by atoms with Gasteiger partial charge in [-0.05, 0) is 31.2 Å². The molecule has 0 aromatic heterocycles. The van der Waals surface area contributed by atoms with E-state index in [1.165, 1.54) is 22.5 Å². The van der Waals surface area contributed by atoms with Crippen molar-refractivity contribution in [2.75, 3.05) is 32.8 Å². The number of likely N-dealkylation sites (N-methyl/N-ethyl adjacent to an activating group) is 1. The number of hydrogen-bond donors (Lipinski definition) is 0. The summed E-state index contributed by atoms with van der Waals surface area (Å²) in [4.78, 5) is 2.29. The van der Waals surface area contributed by atoms with Crippen molar-refractivity contribution in [1.82, 2.24) is 9.21 Å². The van der Waals surface area contributed by atoms with Crippen molar-refractivity contribution in [2.24, 2.45) is 0 Å². The van der Waals surface area contributed by atoms with Gasteiger partial charge in [0.2, 0.25) is 10.0 Å². The molecule has 2 aliphatic heterocycles. The number of benzene rings is 1. The molecule has 1 aromatic rings. The van der Waals surface area contributed by atoms with E-state index in [1.807, 2.05) is 6.07 Å². The van der Waals surface area contributed by atoms with Crippen LogP contribution >= 0.6 is 11.6 Å². The lowest BCUT2D eigenvalue weighted by Crippen LogP contribution is -2.61. The van der Waals surface area contributed by atoms with Crippen LogP contribution in [-0.4, -0.2) is 62.6 Å². The number of sulfonamides is 1. The Morgan fingerprint density at radius 3 is 2.88 bits per heavy atom. The molecule has 2 fully saturated rings. The molecule has 0 saturated carbocycles. The molecule has 2 heterocycles. The zero-order valence-electron chi connectivity index (χ0n) is 13.5. The third-order valence-electron chi connectivity index (χ3n) is 4.71. The van der Waals surface area contributed by atoms with Gasteiger partial charge in [0.1, 0.15) is 4.90 Å². The molecule has 3 rings (SSSR count). The summed E-state index contributed by atoms with van der Waals surface area (Å²) in [5.74, 6) is 0. The Morgan fingerprint density at radius 1 is 1.42 bits per heavy atom. The summed E-state index contributed by atoms with van der Waals surface area (Å²) in [6, 6.07) is 6.05. The molecule has 1 aromatic carbocycles. The molecule has 0 amide bonds. The highest BCUT2D eigenvalue weighted by molar-refractivity contribution is 7.89. The largest absolute Gasteiger partial charge is 0.375 e. The first-order valence-corrected chi connectivity index (χ1v) is 9.84. The van der Waals surface area contributed by atoms with Crippen LogP contribution in [-0.2, 0) is 14.8 Å². The molecule has 6 nitrogen and oxygen atoms in total. The smallest absolute Gasteiger partial charge is 0.245 e. The van der Waals surface area contributed by atoms with E-state index in [-0.39, 0.29) is 22.1 Å². The summed E-state index contributed by atoms with van der Waals surface area (Å²) in [5.41, 5.74) is 0.341. The second-order valence-electron chi connectivity index (χ2n) is 6.03. The number of nitriles is 1. The van der Waals surface area contributed by atoms with Crippen LogP contribution in [0.5, 0.6) is 0 Å². The molecule has 130 valence electrons. The minimum atomic E-state index is -3.73. The third-order valence-corrected chi connectivity index (χ3v) is 7.12. The molecule has 0 unspecified atom stereocenters. The Morgan fingerprint density at radius 2 is 2.21 bits per heavy atom. The van der Waals surface area contributed by atoms with E-state index in [0.717, 1.165) is 19.5 Å². The van der Waals surface area contributed by atoms with Crippen LogP contribution in [0.1, 0.15) is 18.9 Å². The van der Waals surface area contributed by atoms with E-state index in [2.05, 4.69) is 11.8 Å². The standard InChI is InChI=1S/C16H20ClN3O3S/c1-2-19-6-5-15-14(11-19)20(7-8-23-15)24(21,22)16-4-3-12(10-18)9-13(16)17/h3-4,9,14-15H,2,5-8,11H2,1H3/t14-,15+/m0/s1. The fraction of sp³-hybridized carbons (Fsp3) is 0.562. The predicted octanol–water partition coefficient (Wildman–Crippen LogP) is 1.70. The van der Waals surface area contributed by atoms with Gasteiger partial charge in [-0.3, -0.25) is 0 Å². The Hall–Kier alpha value is -1.17. The van der Waals surface area contributed by atoms with Gasteiger partial charge in [0.25, 0.3) is 0 Å². The number of fused-ring (bicyclic) bond motifs is 1. The topological polar surface area (TPSA) is 73.6 Å². The first kappa shape index (κ1) is 17.6. The second kappa shape index (κ2) is 6.98. The summed E-state index contributed by atoms with van der Waals surface area (Å²) in [5, 5.41) is 9.01. The van der Waals surface area contributed by atoms with Gasteiger partial charge in [0, 0.05) is 19.6 Å². The monoisotopic (exact) mass is 369 g/mol. The lowest BCUT2D eigenvalue weighted by Gasteiger charge is -2.46. The summed E-state index contributed by atoms with van der Waals surface area (Å²) < 4.78 is 33.6. The van der Waals surface area contributed by atoms with Crippen molar-refractivity contribution in [3.05, 3.63) is 28.8 Å². The van der Waals surface area contributed by atoms with Gasteiger partial charge in [-0.25, -0.2) is 8.42 Å². The summed E-state index contributed by atoms with van der Waals surface area (Å²) in [6.07, 6.45) is 0.750. The minimum Gasteiger partial charge on any atom is -0.375 e. The van der Waals surface area contributed by atoms with Gasteiger partial charge < -0.3 is 9.64 Å². The second-order valence-corrected chi connectivity index (χ2v) is 8.30. The van der Waals surface area contributed by atoms with E-state index < -0.39 is 10.0 Å². The van der Waals surface area contributed by atoms with Crippen LogP contribution in [0.3, 0.4) is 0 Å². The van der Waals surface area contributed by atoms with E-state index in [0.29, 0.717) is 25.3 Å². The average Bonchev–Trinajstić information content (AvgIpc) is 2.60. The number of halogens is 1. The summed E-state index contributed by atoms with van der Waals surface area (Å²) in [6.45, 7) is 5.24. The van der Waals surface area contributed by atoms with Crippen LogP contribution in [0, 0.1) is 11.3 Å². The van der Waals surface area contributed by atoms with E-state index in [9.17, 15) is 8.42 Å². The van der Waals surface area contributed by atoms with Crippen molar-refractivity contribution in [3.8, 4) is 6.07 Å². The molecule has 2 atom stereocenters. The van der Waals surface area contributed by atoms with E-state index >= 15 is 0 Å². The maximum Gasteiger partial charge on any atom is 0.245 e. The Labute approximate surface area is 147 Å². The highest BCUT2D eigenvalue weighted by Crippen LogP contribution is 2.31. The van der Waals surface area contributed by atoms with Crippen molar-refractivity contribution in [3.63, 3.8) is 0 Å². The highest BCUT2D eigenvalue weighted by Gasteiger charge is 2.43. The predicted molar refractivity (Wildman–Crippen MR) is 90.3 cm³/mol. The van der Waals surface area contributed by atoms with Crippen molar-refractivity contribution < 1.29 is 13.2 Å². The van der Waals surface area contributed by atoms with Gasteiger partial charge in [0.15, 0.2) is 0 Å². The van der Waals surface area contributed by atoms with Gasteiger partial charge >= 0.3 is 0 Å². The van der Waals surface area contributed by atoms with Crippen molar-refractivity contribution in [2.45, 2.75) is 30.4 Å². The highest BCUT2D eigenvalue weighted by atomic mass is 35.5. The number of nitrogens with zero attached hydrogens (tertiary/aromatic N) is 3. The fourth-order valence-electron chi connectivity index (χ4n) is 3.40. The summed E-state index contributed by atoms with van der Waals surface area (Å²) >= 11 is 6.14. The number of rotatable bonds is 3. The molecular formula is C16H20ClN3O3S. The Bertz CT molecular complexity index is 762. The quantitative estimate of drug-likeness (QED) is 0.810. The first-order valence-electron chi connectivity index (χ1n) is 8.03. The molecule has 2 saturated heterocycles. The van der Waals surface area contributed by atoms with Crippen molar-refractivity contribution >= 4 is 21.6 Å². The number of piperidine rings is 1. The zero-order chi connectivity index (χ0) is 17.3. The van der Waals surface area contributed by atoms with Crippen LogP contribution in [0.25, 0.3) is 0 Å². The maximum absolute atomic E-state index is 13.1. The molecule has 0 spiro atoms. The molecule has 0 bridgehead atoms. The van der Waals surface area contributed by atoms with Gasteiger partial charge in [-0.2, -0.15) is 9.57 Å². The van der Waals surface area contributed by atoms with Crippen LogP contribution in [0.15, 0.2) is 23.1 Å². The van der Waals surface area contributed by atoms with Gasteiger partial charge in [0.05, 0.1) is 35.4 Å². The van der Waals surface area contributed by atoms with E-state index in [1.54, 1.807) is 0 Å². The Kier molecular flexibility index (Phi) is 5.13. The van der Waals surface area contributed by atoms with Gasteiger partial charge in [-0.15, -0.1) is 0 Å². The molecule has 0 radical (unpaired) electrons. The lowest BCUT2D eigenvalue weighted by atomic mass is 10.0. The normalized spacial score (nSPS) is 25.9. The van der Waals surface area contributed by atoms with Crippen LogP contribution < -0.4 is 0 Å². The first-order chi connectivity index (χ1) is 11.5. The Balaban J connectivity index is 1.94. The molecule has 24 heavy (non-hydrogen) atoms. The van der Waals surface area contributed by atoms with Crippen molar-refractivity contribution in [1.29, 1.82) is 5.26 Å². The van der Waals surface area contributed by atoms with Gasteiger partial charge in [-0.1, -0.05) is 18.5 Å². The zero-order valence-corrected chi connectivity index (χ0v) is 15.1. The molecular weight excluding hydrogens is 350 g/mol. The molecule has 8 heteroatoms.